The van der Waals surface area contributed by atoms with Crippen LogP contribution in [0.4, 0.5) is 0 Å². The van der Waals surface area contributed by atoms with E-state index in [1.165, 1.54) is 0 Å². The van der Waals surface area contributed by atoms with Crippen LogP contribution in [-0.2, 0) is 16.0 Å². The minimum atomic E-state index is -0.127. The van der Waals surface area contributed by atoms with Crippen molar-refractivity contribution < 1.29 is 14.0 Å². The van der Waals surface area contributed by atoms with Crippen molar-refractivity contribution in [2.24, 2.45) is 5.92 Å². The molecule has 0 radical (unpaired) electrons. The van der Waals surface area contributed by atoms with Crippen molar-refractivity contribution in [2.45, 2.75) is 52.4 Å². The second-order valence-electron chi connectivity index (χ2n) is 6.13. The zero-order valence-corrected chi connectivity index (χ0v) is 13.5. The van der Waals surface area contributed by atoms with Gasteiger partial charge in [0, 0.05) is 26.8 Å². The van der Waals surface area contributed by atoms with Crippen molar-refractivity contribution in [1.82, 2.24) is 15.0 Å². The third kappa shape index (κ3) is 5.05. The van der Waals surface area contributed by atoms with E-state index in [4.69, 9.17) is 14.0 Å². The maximum atomic E-state index is 5.90. The van der Waals surface area contributed by atoms with E-state index < -0.39 is 0 Å². The first-order chi connectivity index (χ1) is 10.1. The van der Waals surface area contributed by atoms with Gasteiger partial charge in [-0.2, -0.15) is 4.98 Å². The van der Waals surface area contributed by atoms with Crippen molar-refractivity contribution >= 4 is 0 Å². The molecule has 6 nitrogen and oxygen atoms in total. The highest BCUT2D eigenvalue weighted by Crippen LogP contribution is 2.18. The monoisotopic (exact) mass is 297 g/mol. The number of rotatable bonds is 7. The zero-order chi connectivity index (χ0) is 15.2. The van der Waals surface area contributed by atoms with Crippen LogP contribution in [0.1, 0.15) is 51.4 Å². The Morgan fingerprint density at radius 3 is 2.62 bits per heavy atom. The maximum Gasteiger partial charge on any atom is 0.240 e. The summed E-state index contributed by atoms with van der Waals surface area (Å²) >= 11 is 0. The van der Waals surface area contributed by atoms with Crippen LogP contribution in [0.2, 0.25) is 0 Å². The number of likely N-dealkylation sites (tertiary alicyclic amines) is 1. The number of hydrogen-bond acceptors (Lipinski definition) is 6. The number of methoxy groups -OCH3 is 1. The summed E-state index contributed by atoms with van der Waals surface area (Å²) in [5.41, 5.74) is 0. The molecule has 1 saturated heterocycles. The summed E-state index contributed by atoms with van der Waals surface area (Å²) < 4.78 is 16.4. The Kier molecular flexibility index (Phi) is 6.14. The first-order valence-corrected chi connectivity index (χ1v) is 7.77. The van der Waals surface area contributed by atoms with Crippen LogP contribution in [0, 0.1) is 5.92 Å². The van der Waals surface area contributed by atoms with Gasteiger partial charge >= 0.3 is 0 Å². The molecule has 1 aromatic rings. The van der Waals surface area contributed by atoms with Gasteiger partial charge in [0.25, 0.3) is 0 Å². The summed E-state index contributed by atoms with van der Waals surface area (Å²) in [6.07, 6.45) is 2.41. The molecule has 120 valence electrons. The lowest BCUT2D eigenvalue weighted by molar-refractivity contribution is -0.00736. The molecule has 1 fully saturated rings. The predicted molar refractivity (Wildman–Crippen MR) is 78.8 cm³/mol. The quantitative estimate of drug-likeness (QED) is 0.770. The fourth-order valence-electron chi connectivity index (χ4n) is 2.36. The fourth-order valence-corrected chi connectivity index (χ4v) is 2.36. The van der Waals surface area contributed by atoms with E-state index in [2.05, 4.69) is 28.9 Å². The summed E-state index contributed by atoms with van der Waals surface area (Å²) in [5, 5.41) is 3.95. The SMILES string of the molecule is COC(C)c1noc(CN2CCC(OCC(C)C)CC2)n1. The third-order valence-electron chi connectivity index (χ3n) is 3.76. The molecule has 0 aliphatic carbocycles. The molecule has 0 spiro atoms. The second-order valence-corrected chi connectivity index (χ2v) is 6.13. The Hall–Kier alpha value is -0.980. The highest BCUT2D eigenvalue weighted by Gasteiger charge is 2.22. The second kappa shape index (κ2) is 7.87. The minimum absolute atomic E-state index is 0.127. The molecule has 0 bridgehead atoms. The van der Waals surface area contributed by atoms with Crippen LogP contribution in [0.3, 0.4) is 0 Å². The van der Waals surface area contributed by atoms with E-state index in [1.54, 1.807) is 7.11 Å². The number of piperidine rings is 1. The molecule has 6 heteroatoms. The van der Waals surface area contributed by atoms with Gasteiger partial charge in [-0.25, -0.2) is 0 Å². The number of ether oxygens (including phenoxy) is 2. The number of nitrogens with zero attached hydrogens (tertiary/aromatic N) is 3. The van der Waals surface area contributed by atoms with E-state index in [0.29, 0.717) is 30.3 Å². The normalized spacial score (nSPS) is 19.3. The lowest BCUT2D eigenvalue weighted by atomic mass is 10.1. The average molecular weight is 297 g/mol. The number of hydrogen-bond donors (Lipinski definition) is 0. The van der Waals surface area contributed by atoms with Crippen molar-refractivity contribution in [2.75, 3.05) is 26.8 Å². The first-order valence-electron chi connectivity index (χ1n) is 7.77. The van der Waals surface area contributed by atoms with Crippen LogP contribution in [-0.4, -0.2) is 48.0 Å². The first kappa shape index (κ1) is 16.4. The minimum Gasteiger partial charge on any atom is -0.378 e. The lowest BCUT2D eigenvalue weighted by Gasteiger charge is -2.31. The largest absolute Gasteiger partial charge is 0.378 e. The Morgan fingerprint density at radius 1 is 1.29 bits per heavy atom. The molecule has 1 unspecified atom stereocenters. The van der Waals surface area contributed by atoms with Gasteiger partial charge in [0.2, 0.25) is 5.89 Å². The van der Waals surface area contributed by atoms with Gasteiger partial charge in [-0.05, 0) is 25.7 Å². The summed E-state index contributed by atoms with van der Waals surface area (Å²) in [4.78, 5) is 6.72. The molecule has 0 saturated carbocycles. The van der Waals surface area contributed by atoms with Crippen molar-refractivity contribution in [3.8, 4) is 0 Å². The van der Waals surface area contributed by atoms with E-state index in [0.717, 1.165) is 32.5 Å². The molecule has 1 aromatic heterocycles. The van der Waals surface area contributed by atoms with Crippen LogP contribution < -0.4 is 0 Å². The summed E-state index contributed by atoms with van der Waals surface area (Å²) in [6.45, 7) is 9.87. The van der Waals surface area contributed by atoms with Crippen molar-refractivity contribution in [3.05, 3.63) is 11.7 Å². The van der Waals surface area contributed by atoms with Gasteiger partial charge in [0.1, 0.15) is 6.10 Å². The number of aromatic nitrogens is 2. The molecule has 1 aliphatic rings. The Labute approximate surface area is 126 Å². The molecule has 2 rings (SSSR count). The van der Waals surface area contributed by atoms with Gasteiger partial charge in [-0.15, -0.1) is 0 Å². The molecule has 0 N–H and O–H groups in total. The molecule has 0 amide bonds. The fraction of sp³-hybridized carbons (Fsp3) is 0.867. The molecule has 21 heavy (non-hydrogen) atoms. The van der Waals surface area contributed by atoms with Crippen LogP contribution in [0.5, 0.6) is 0 Å². The van der Waals surface area contributed by atoms with Gasteiger partial charge in [-0.3, -0.25) is 4.90 Å². The Bertz CT molecular complexity index is 414. The highest BCUT2D eigenvalue weighted by molar-refractivity contribution is 4.90. The van der Waals surface area contributed by atoms with Gasteiger partial charge in [-0.1, -0.05) is 19.0 Å². The van der Waals surface area contributed by atoms with Crippen molar-refractivity contribution in [3.63, 3.8) is 0 Å². The van der Waals surface area contributed by atoms with E-state index in [-0.39, 0.29) is 6.10 Å². The average Bonchev–Trinajstić information content (AvgIpc) is 2.94. The molecule has 1 aliphatic heterocycles. The maximum absolute atomic E-state index is 5.90. The van der Waals surface area contributed by atoms with Gasteiger partial charge < -0.3 is 14.0 Å². The van der Waals surface area contributed by atoms with Crippen LogP contribution in [0.25, 0.3) is 0 Å². The summed E-state index contributed by atoms with van der Waals surface area (Å²) in [5.74, 6) is 1.88. The molecule has 2 heterocycles. The lowest BCUT2D eigenvalue weighted by Crippen LogP contribution is -2.37. The van der Waals surface area contributed by atoms with Crippen molar-refractivity contribution in [1.29, 1.82) is 0 Å². The van der Waals surface area contributed by atoms with Gasteiger partial charge in [0.15, 0.2) is 5.82 Å². The highest BCUT2D eigenvalue weighted by atomic mass is 16.5. The van der Waals surface area contributed by atoms with Crippen LogP contribution >= 0.6 is 0 Å². The Morgan fingerprint density at radius 2 is 2.00 bits per heavy atom. The summed E-state index contributed by atoms with van der Waals surface area (Å²) in [6, 6.07) is 0. The van der Waals surface area contributed by atoms with E-state index in [9.17, 15) is 0 Å². The molecular formula is C15H27N3O3. The predicted octanol–water partition coefficient (Wildman–Crippen LogP) is 2.41. The topological polar surface area (TPSA) is 60.6 Å². The van der Waals surface area contributed by atoms with Gasteiger partial charge in [0.05, 0.1) is 12.6 Å². The summed E-state index contributed by atoms with van der Waals surface area (Å²) in [7, 11) is 1.64. The zero-order valence-electron chi connectivity index (χ0n) is 13.5. The van der Waals surface area contributed by atoms with E-state index in [1.807, 2.05) is 6.92 Å². The third-order valence-corrected chi connectivity index (χ3v) is 3.76. The molecule has 1 atom stereocenters. The molecule has 0 aromatic carbocycles. The molecular weight excluding hydrogens is 270 g/mol. The van der Waals surface area contributed by atoms with Crippen LogP contribution in [0.15, 0.2) is 4.52 Å². The Balaban J connectivity index is 1.74. The standard InChI is InChI=1S/C15H27N3O3/c1-11(2)10-20-13-5-7-18(8-6-13)9-14-16-15(17-21-14)12(3)19-4/h11-13H,5-10H2,1-4H3. The van der Waals surface area contributed by atoms with E-state index >= 15 is 0 Å². The smallest absolute Gasteiger partial charge is 0.240 e.